The zero-order valence-corrected chi connectivity index (χ0v) is 6.32. The molecule has 0 spiro atoms. The summed E-state index contributed by atoms with van der Waals surface area (Å²) in [5.41, 5.74) is 0.263. The average Bonchev–Trinajstić information content (AvgIpc) is 2.16. The van der Waals surface area contributed by atoms with Gasteiger partial charge in [0.1, 0.15) is 6.54 Å². The first-order valence-corrected chi connectivity index (χ1v) is 3.44. The average molecular weight is 179 g/mol. The molecule has 1 fully saturated rings. The number of hydrogen-bond donors (Lipinski definition) is 0. The number of alkyl halides is 3. The van der Waals surface area contributed by atoms with Gasteiger partial charge in [0.15, 0.2) is 0 Å². The molecular weight excluding hydrogens is 171 g/mol. The van der Waals surface area contributed by atoms with Crippen LogP contribution in [0.4, 0.5) is 13.2 Å². The van der Waals surface area contributed by atoms with Crippen LogP contribution < -0.4 is 0 Å². The molecule has 1 aliphatic heterocycles. The molecule has 1 aliphatic rings. The highest BCUT2D eigenvalue weighted by atomic mass is 19.4. The van der Waals surface area contributed by atoms with Crippen molar-refractivity contribution in [3.8, 4) is 0 Å². The fourth-order valence-corrected chi connectivity index (χ4v) is 1.07. The molecule has 1 saturated heterocycles. The second-order valence-electron chi connectivity index (χ2n) is 2.70. The van der Waals surface area contributed by atoms with Gasteiger partial charge in [-0.05, 0) is 6.42 Å². The Morgan fingerprint density at radius 2 is 2.08 bits per heavy atom. The molecule has 1 amide bonds. The van der Waals surface area contributed by atoms with Crippen LogP contribution in [0.1, 0.15) is 6.42 Å². The molecule has 1 heterocycles. The third-order valence-electron chi connectivity index (χ3n) is 1.64. The number of carbonyl (C=O) groups is 1. The van der Waals surface area contributed by atoms with Crippen LogP contribution in [-0.4, -0.2) is 30.1 Å². The minimum atomic E-state index is -4.31. The summed E-state index contributed by atoms with van der Waals surface area (Å²) in [7, 11) is 0. The standard InChI is InChI=1S/C7H8F3NO/c1-5-2-3-11(6(5)12)4-7(8,9)10/h1-4H2. The molecule has 0 bridgehead atoms. The number of carbonyl (C=O) groups excluding carboxylic acids is 1. The Kier molecular flexibility index (Phi) is 2.12. The van der Waals surface area contributed by atoms with Gasteiger partial charge in [-0.3, -0.25) is 4.79 Å². The summed E-state index contributed by atoms with van der Waals surface area (Å²) in [5, 5.41) is 0. The summed E-state index contributed by atoms with van der Waals surface area (Å²) in [5.74, 6) is -0.577. The number of hydrogen-bond acceptors (Lipinski definition) is 1. The lowest BCUT2D eigenvalue weighted by molar-refractivity contribution is -0.156. The number of nitrogens with zero attached hydrogens (tertiary/aromatic N) is 1. The van der Waals surface area contributed by atoms with Gasteiger partial charge in [-0.2, -0.15) is 13.2 Å². The normalized spacial score (nSPS) is 19.1. The van der Waals surface area contributed by atoms with E-state index in [1.807, 2.05) is 0 Å². The van der Waals surface area contributed by atoms with Crippen LogP contribution in [0, 0.1) is 0 Å². The summed E-state index contributed by atoms with van der Waals surface area (Å²) in [6, 6.07) is 0. The van der Waals surface area contributed by atoms with Crippen LogP contribution >= 0.6 is 0 Å². The van der Waals surface area contributed by atoms with E-state index in [2.05, 4.69) is 6.58 Å². The maximum absolute atomic E-state index is 11.8. The van der Waals surface area contributed by atoms with E-state index in [4.69, 9.17) is 0 Å². The van der Waals surface area contributed by atoms with E-state index in [0.29, 0.717) is 6.42 Å². The lowest BCUT2D eigenvalue weighted by Gasteiger charge is -2.16. The largest absolute Gasteiger partial charge is 0.406 e. The minimum absolute atomic E-state index is 0.136. The van der Waals surface area contributed by atoms with Gasteiger partial charge < -0.3 is 4.90 Å². The molecular formula is C7H8F3NO. The van der Waals surface area contributed by atoms with Gasteiger partial charge in [-0.1, -0.05) is 6.58 Å². The molecule has 12 heavy (non-hydrogen) atoms. The number of halogens is 3. The Hall–Kier alpha value is -1.00. The molecule has 0 radical (unpaired) electrons. The summed E-state index contributed by atoms with van der Waals surface area (Å²) < 4.78 is 35.4. The smallest absolute Gasteiger partial charge is 0.330 e. The van der Waals surface area contributed by atoms with Gasteiger partial charge in [0.05, 0.1) is 0 Å². The molecule has 0 saturated carbocycles. The fraction of sp³-hybridized carbons (Fsp3) is 0.571. The summed E-state index contributed by atoms with van der Waals surface area (Å²) in [6.07, 6.45) is -3.96. The summed E-state index contributed by atoms with van der Waals surface area (Å²) in [6.45, 7) is 2.33. The van der Waals surface area contributed by atoms with Gasteiger partial charge >= 0.3 is 6.18 Å². The third-order valence-corrected chi connectivity index (χ3v) is 1.64. The van der Waals surface area contributed by atoms with Crippen LogP contribution in [-0.2, 0) is 4.79 Å². The lowest BCUT2D eigenvalue weighted by atomic mass is 10.3. The van der Waals surface area contributed by atoms with Gasteiger partial charge in [0, 0.05) is 12.1 Å². The number of likely N-dealkylation sites (tertiary alicyclic amines) is 1. The number of amides is 1. The zero-order chi connectivity index (χ0) is 9.35. The fourth-order valence-electron chi connectivity index (χ4n) is 1.07. The molecule has 0 N–H and O–H groups in total. The van der Waals surface area contributed by atoms with Crippen molar-refractivity contribution in [3.63, 3.8) is 0 Å². The predicted molar refractivity (Wildman–Crippen MR) is 36.4 cm³/mol. The predicted octanol–water partition coefficient (Wildman–Crippen LogP) is 1.34. The van der Waals surface area contributed by atoms with Crippen molar-refractivity contribution >= 4 is 5.91 Å². The second kappa shape index (κ2) is 2.80. The Bertz CT molecular complexity index is 221. The molecule has 0 unspecified atom stereocenters. The Morgan fingerprint density at radius 1 is 1.50 bits per heavy atom. The molecule has 0 aromatic carbocycles. The maximum Gasteiger partial charge on any atom is 0.406 e. The Labute approximate surface area is 67.7 Å². The molecule has 0 aliphatic carbocycles. The van der Waals surface area contributed by atoms with E-state index in [1.165, 1.54) is 0 Å². The third kappa shape index (κ3) is 1.99. The van der Waals surface area contributed by atoms with Crippen LogP contribution in [0.15, 0.2) is 12.2 Å². The van der Waals surface area contributed by atoms with E-state index >= 15 is 0 Å². The van der Waals surface area contributed by atoms with Gasteiger partial charge in [-0.15, -0.1) is 0 Å². The highest BCUT2D eigenvalue weighted by Gasteiger charge is 2.35. The topological polar surface area (TPSA) is 20.3 Å². The molecule has 1 rings (SSSR count). The molecule has 5 heteroatoms. The SMILES string of the molecule is C=C1CCN(CC(F)(F)F)C1=O. The van der Waals surface area contributed by atoms with Gasteiger partial charge in [0.2, 0.25) is 5.91 Å². The van der Waals surface area contributed by atoms with E-state index in [1.54, 1.807) is 0 Å². The van der Waals surface area contributed by atoms with E-state index in [0.717, 1.165) is 4.90 Å². The first-order chi connectivity index (χ1) is 5.40. The van der Waals surface area contributed by atoms with Crippen molar-refractivity contribution in [3.05, 3.63) is 12.2 Å². The Morgan fingerprint density at radius 3 is 2.42 bits per heavy atom. The molecule has 0 aromatic rings. The van der Waals surface area contributed by atoms with Crippen LogP contribution in [0.2, 0.25) is 0 Å². The number of rotatable bonds is 1. The quantitative estimate of drug-likeness (QED) is 0.556. The zero-order valence-electron chi connectivity index (χ0n) is 6.32. The summed E-state index contributed by atoms with van der Waals surface area (Å²) >= 11 is 0. The second-order valence-corrected chi connectivity index (χ2v) is 2.70. The first-order valence-electron chi connectivity index (χ1n) is 3.44. The highest BCUT2D eigenvalue weighted by molar-refractivity contribution is 5.94. The monoisotopic (exact) mass is 179 g/mol. The van der Waals surface area contributed by atoms with E-state index in [9.17, 15) is 18.0 Å². The van der Waals surface area contributed by atoms with Crippen molar-refractivity contribution < 1.29 is 18.0 Å². The summed E-state index contributed by atoms with van der Waals surface area (Å²) in [4.78, 5) is 11.7. The molecule has 0 atom stereocenters. The molecule has 68 valence electrons. The molecule has 2 nitrogen and oxygen atoms in total. The van der Waals surface area contributed by atoms with Gasteiger partial charge in [-0.25, -0.2) is 0 Å². The Balaban J connectivity index is 2.56. The van der Waals surface area contributed by atoms with Crippen molar-refractivity contribution in [1.82, 2.24) is 4.90 Å². The van der Waals surface area contributed by atoms with Gasteiger partial charge in [0.25, 0.3) is 0 Å². The van der Waals surface area contributed by atoms with Crippen molar-refractivity contribution in [2.24, 2.45) is 0 Å². The van der Waals surface area contributed by atoms with Crippen molar-refractivity contribution in [2.75, 3.05) is 13.1 Å². The van der Waals surface area contributed by atoms with Crippen molar-refractivity contribution in [1.29, 1.82) is 0 Å². The first kappa shape index (κ1) is 9.09. The maximum atomic E-state index is 11.8. The van der Waals surface area contributed by atoms with E-state index in [-0.39, 0.29) is 12.1 Å². The van der Waals surface area contributed by atoms with E-state index < -0.39 is 18.6 Å². The lowest BCUT2D eigenvalue weighted by Crippen LogP contribution is -2.35. The highest BCUT2D eigenvalue weighted by Crippen LogP contribution is 2.22. The van der Waals surface area contributed by atoms with Crippen LogP contribution in [0.3, 0.4) is 0 Å². The van der Waals surface area contributed by atoms with Crippen LogP contribution in [0.5, 0.6) is 0 Å². The van der Waals surface area contributed by atoms with Crippen molar-refractivity contribution in [2.45, 2.75) is 12.6 Å². The molecule has 0 aromatic heterocycles. The minimum Gasteiger partial charge on any atom is -0.330 e. The van der Waals surface area contributed by atoms with Crippen LogP contribution in [0.25, 0.3) is 0 Å².